The third-order valence-electron chi connectivity index (χ3n) is 3.14. The van der Waals surface area contributed by atoms with E-state index in [0.29, 0.717) is 13.0 Å². The minimum absolute atomic E-state index is 0.124. The van der Waals surface area contributed by atoms with Crippen molar-refractivity contribution >= 4 is 11.6 Å². The predicted octanol–water partition coefficient (Wildman–Crippen LogP) is 3.02. The van der Waals surface area contributed by atoms with Gasteiger partial charge in [-0.3, -0.25) is 9.48 Å². The zero-order valence-electron chi connectivity index (χ0n) is 12.3. The molecule has 0 fully saturated rings. The molecule has 1 amide bonds. The first kappa shape index (κ1) is 14.3. The summed E-state index contributed by atoms with van der Waals surface area (Å²) >= 11 is 0. The molecule has 0 radical (unpaired) electrons. The second kappa shape index (κ2) is 6.37. The normalized spacial score (nSPS) is 10.8. The minimum Gasteiger partial charge on any atom is -0.310 e. The summed E-state index contributed by atoms with van der Waals surface area (Å²) in [5, 5.41) is 4.21. The highest BCUT2D eigenvalue weighted by Crippen LogP contribution is 2.17. The number of hydrogen-bond acceptors (Lipinski definition) is 2. The summed E-state index contributed by atoms with van der Waals surface area (Å²) in [6.07, 6.45) is 4.21. The minimum atomic E-state index is 0.124. The summed E-state index contributed by atoms with van der Waals surface area (Å²) in [5.41, 5.74) is 2.06. The molecule has 2 aromatic rings. The van der Waals surface area contributed by atoms with Gasteiger partial charge < -0.3 is 4.90 Å². The average molecular weight is 271 g/mol. The van der Waals surface area contributed by atoms with Crippen molar-refractivity contribution in [3.63, 3.8) is 0 Å². The number of nitrogens with zero attached hydrogens (tertiary/aromatic N) is 3. The van der Waals surface area contributed by atoms with Crippen LogP contribution in [0.1, 0.15) is 25.8 Å². The molecule has 2 rings (SSSR count). The van der Waals surface area contributed by atoms with E-state index in [1.54, 1.807) is 0 Å². The van der Waals surface area contributed by atoms with E-state index in [4.69, 9.17) is 0 Å². The van der Waals surface area contributed by atoms with Crippen LogP contribution in [0.25, 0.3) is 0 Å². The molecule has 4 heteroatoms. The van der Waals surface area contributed by atoms with E-state index in [1.807, 2.05) is 73.1 Å². The molecule has 0 spiro atoms. The molecule has 106 valence electrons. The fraction of sp³-hybridized carbons (Fsp3) is 0.375. The molecule has 0 aliphatic carbocycles. The lowest BCUT2D eigenvalue weighted by Gasteiger charge is -2.27. The fourth-order valence-corrected chi connectivity index (χ4v) is 2.24. The van der Waals surface area contributed by atoms with Crippen molar-refractivity contribution in [1.82, 2.24) is 9.78 Å². The van der Waals surface area contributed by atoms with Crippen LogP contribution in [-0.4, -0.2) is 21.7 Å². The molecule has 0 saturated heterocycles. The van der Waals surface area contributed by atoms with Crippen molar-refractivity contribution in [2.24, 2.45) is 0 Å². The summed E-state index contributed by atoms with van der Waals surface area (Å²) in [5.74, 6) is 0.124. The highest BCUT2D eigenvalue weighted by atomic mass is 16.2. The zero-order valence-corrected chi connectivity index (χ0v) is 12.3. The van der Waals surface area contributed by atoms with E-state index >= 15 is 0 Å². The topological polar surface area (TPSA) is 38.1 Å². The number of carbonyl (C=O) groups is 1. The summed E-state index contributed by atoms with van der Waals surface area (Å²) in [6.45, 7) is 6.67. The molecule has 1 heterocycles. The largest absolute Gasteiger partial charge is 0.310 e. The Morgan fingerprint density at radius 1 is 1.30 bits per heavy atom. The van der Waals surface area contributed by atoms with E-state index in [1.165, 1.54) is 0 Å². The fourth-order valence-electron chi connectivity index (χ4n) is 2.24. The Bertz CT molecular complexity index is 560. The van der Waals surface area contributed by atoms with Gasteiger partial charge in [-0.1, -0.05) is 18.2 Å². The number of anilines is 1. The first-order valence-electron chi connectivity index (χ1n) is 6.94. The molecule has 0 unspecified atom stereocenters. The monoisotopic (exact) mass is 271 g/mol. The maximum atomic E-state index is 12.5. The number of aryl methyl sites for hydroxylation is 2. The highest BCUT2D eigenvalue weighted by molar-refractivity contribution is 5.93. The van der Waals surface area contributed by atoms with Gasteiger partial charge in [0.2, 0.25) is 5.91 Å². The van der Waals surface area contributed by atoms with E-state index in [-0.39, 0.29) is 11.9 Å². The van der Waals surface area contributed by atoms with Crippen molar-refractivity contribution in [1.29, 1.82) is 0 Å². The summed E-state index contributed by atoms with van der Waals surface area (Å²) in [7, 11) is 0. The molecule has 4 nitrogen and oxygen atoms in total. The van der Waals surface area contributed by atoms with Crippen molar-refractivity contribution < 1.29 is 4.79 Å². The molecule has 1 aromatic heterocycles. The molecular formula is C16H21N3O. The van der Waals surface area contributed by atoms with Gasteiger partial charge >= 0.3 is 0 Å². The van der Waals surface area contributed by atoms with Crippen LogP contribution in [0.5, 0.6) is 0 Å². The quantitative estimate of drug-likeness (QED) is 0.838. The third kappa shape index (κ3) is 3.47. The lowest BCUT2D eigenvalue weighted by atomic mass is 10.2. The molecule has 0 aliphatic heterocycles. The Hall–Kier alpha value is -2.10. The number of para-hydroxylation sites is 1. The molecule has 0 N–H and O–H groups in total. The van der Waals surface area contributed by atoms with Crippen LogP contribution in [0, 0.1) is 6.92 Å². The Kier molecular flexibility index (Phi) is 4.56. The third-order valence-corrected chi connectivity index (χ3v) is 3.14. The Labute approximate surface area is 120 Å². The summed E-state index contributed by atoms with van der Waals surface area (Å²) < 4.78 is 1.82. The second-order valence-electron chi connectivity index (χ2n) is 5.22. The zero-order chi connectivity index (χ0) is 14.5. The van der Waals surface area contributed by atoms with Crippen LogP contribution in [0.2, 0.25) is 0 Å². The van der Waals surface area contributed by atoms with Gasteiger partial charge in [-0.25, -0.2) is 0 Å². The molecule has 20 heavy (non-hydrogen) atoms. The Balaban J connectivity index is 2.04. The SMILES string of the molecule is Cc1cnn(CCC(=O)N(c2ccccc2)C(C)C)c1. The van der Waals surface area contributed by atoms with Crippen LogP contribution in [0.15, 0.2) is 42.7 Å². The molecule has 1 aromatic carbocycles. The van der Waals surface area contributed by atoms with E-state index < -0.39 is 0 Å². The first-order valence-corrected chi connectivity index (χ1v) is 6.94. The molecule has 0 aliphatic rings. The standard InChI is InChI=1S/C16H21N3O/c1-13(2)19(15-7-5-4-6-8-15)16(20)9-10-18-12-14(3)11-17-18/h4-8,11-13H,9-10H2,1-3H3. The Morgan fingerprint density at radius 3 is 2.55 bits per heavy atom. The summed E-state index contributed by atoms with van der Waals surface area (Å²) in [6, 6.07) is 9.94. The van der Waals surface area contributed by atoms with Crippen molar-refractivity contribution in [2.75, 3.05) is 4.90 Å². The van der Waals surface area contributed by atoms with E-state index in [2.05, 4.69) is 5.10 Å². The van der Waals surface area contributed by atoms with Gasteiger partial charge in [0.15, 0.2) is 0 Å². The highest BCUT2D eigenvalue weighted by Gasteiger charge is 2.18. The van der Waals surface area contributed by atoms with Crippen LogP contribution in [0.4, 0.5) is 5.69 Å². The van der Waals surface area contributed by atoms with Gasteiger partial charge in [-0.2, -0.15) is 5.10 Å². The Morgan fingerprint density at radius 2 is 2.00 bits per heavy atom. The van der Waals surface area contributed by atoms with Crippen molar-refractivity contribution in [3.05, 3.63) is 48.3 Å². The number of aromatic nitrogens is 2. The number of amides is 1. The van der Waals surface area contributed by atoms with Crippen LogP contribution in [-0.2, 0) is 11.3 Å². The van der Waals surface area contributed by atoms with E-state index in [0.717, 1.165) is 11.3 Å². The lowest BCUT2D eigenvalue weighted by molar-refractivity contribution is -0.119. The van der Waals surface area contributed by atoms with Gasteiger partial charge in [-0.15, -0.1) is 0 Å². The van der Waals surface area contributed by atoms with Crippen LogP contribution in [0.3, 0.4) is 0 Å². The van der Waals surface area contributed by atoms with Crippen molar-refractivity contribution in [2.45, 2.75) is 39.8 Å². The summed E-state index contributed by atoms with van der Waals surface area (Å²) in [4.78, 5) is 14.3. The second-order valence-corrected chi connectivity index (χ2v) is 5.22. The van der Waals surface area contributed by atoms with Gasteiger partial charge in [0, 0.05) is 30.9 Å². The van der Waals surface area contributed by atoms with Crippen LogP contribution >= 0.6 is 0 Å². The van der Waals surface area contributed by atoms with E-state index in [9.17, 15) is 4.79 Å². The van der Waals surface area contributed by atoms with Crippen LogP contribution < -0.4 is 4.90 Å². The molecule has 0 saturated carbocycles. The average Bonchev–Trinajstić information content (AvgIpc) is 2.83. The number of benzene rings is 1. The maximum Gasteiger partial charge on any atom is 0.229 e. The van der Waals surface area contributed by atoms with Gasteiger partial charge in [0.05, 0.1) is 6.20 Å². The van der Waals surface area contributed by atoms with Gasteiger partial charge in [0.1, 0.15) is 0 Å². The lowest BCUT2D eigenvalue weighted by Crippen LogP contribution is -2.37. The number of carbonyl (C=O) groups excluding carboxylic acids is 1. The number of hydrogen-bond donors (Lipinski definition) is 0. The maximum absolute atomic E-state index is 12.5. The number of rotatable bonds is 5. The smallest absolute Gasteiger partial charge is 0.229 e. The predicted molar refractivity (Wildman–Crippen MR) is 80.6 cm³/mol. The molecule has 0 bridgehead atoms. The van der Waals surface area contributed by atoms with Gasteiger partial charge in [-0.05, 0) is 38.5 Å². The molecular weight excluding hydrogens is 250 g/mol. The van der Waals surface area contributed by atoms with Gasteiger partial charge in [0.25, 0.3) is 0 Å². The molecule has 0 atom stereocenters. The first-order chi connectivity index (χ1) is 9.58. The van der Waals surface area contributed by atoms with Crippen molar-refractivity contribution in [3.8, 4) is 0 Å².